The van der Waals surface area contributed by atoms with Crippen LogP contribution >= 0.6 is 0 Å². The number of fused-ring (bicyclic) bond motifs is 6. The highest BCUT2D eigenvalue weighted by atomic mass is 14.3. The third-order valence-electron chi connectivity index (χ3n) is 18.6. The summed E-state index contributed by atoms with van der Waals surface area (Å²) in [5, 5.41) is 6.43. The van der Waals surface area contributed by atoms with Crippen LogP contribution in [0.5, 0.6) is 0 Å². The van der Waals surface area contributed by atoms with E-state index in [2.05, 4.69) is 233 Å². The maximum Gasteiger partial charge on any atom is 0.113 e. The molecule has 0 saturated heterocycles. The van der Waals surface area contributed by atoms with Gasteiger partial charge in [-0.15, -0.1) is 48.0 Å². The molecule has 16 heteroatoms. The van der Waals surface area contributed by atoms with Crippen LogP contribution in [-0.4, -0.2) is 118 Å². The molecule has 0 nitrogen and oxygen atoms in total. The van der Waals surface area contributed by atoms with E-state index in [1.807, 2.05) is 19.9 Å². The summed E-state index contributed by atoms with van der Waals surface area (Å²) < 4.78 is 0. The number of hydrogen-bond acceptors (Lipinski definition) is 0. The molecule has 8 aromatic rings. The van der Waals surface area contributed by atoms with Crippen molar-refractivity contribution in [2.45, 2.75) is 90.0 Å². The van der Waals surface area contributed by atoms with E-state index >= 15 is 0 Å². The molecule has 432 valence electrons. The molecule has 0 unspecified atom stereocenters. The highest BCUT2D eigenvalue weighted by Gasteiger charge is 2.36. The van der Waals surface area contributed by atoms with Gasteiger partial charge in [0.05, 0.1) is 42.4 Å². The second-order valence-electron chi connectivity index (χ2n) is 23.6. The van der Waals surface area contributed by atoms with Crippen LogP contribution in [0.1, 0.15) is 115 Å². The molecule has 8 aromatic carbocycles. The first-order chi connectivity index (χ1) is 48.4. The molecule has 0 aliphatic carbocycles. The highest BCUT2D eigenvalue weighted by Crippen LogP contribution is 2.54. The van der Waals surface area contributed by atoms with E-state index in [4.69, 9.17) is 103 Å². The predicted octanol–water partition coefficient (Wildman–Crippen LogP) is 3.90. The fourth-order valence-corrected chi connectivity index (χ4v) is 13.8. The zero-order chi connectivity index (χ0) is 74.0. The Bertz CT molecular complexity index is 6220. The summed E-state index contributed by atoms with van der Waals surface area (Å²) in [6.07, 6.45) is 21.8. The van der Waals surface area contributed by atoms with Gasteiger partial charge in [0.15, 0.2) is 0 Å². The second-order valence-corrected chi connectivity index (χ2v) is 23.6. The number of terminal acetylenes is 4. The Labute approximate surface area is 616 Å². The molecule has 0 saturated carbocycles. The van der Waals surface area contributed by atoms with Crippen molar-refractivity contribution in [2.75, 3.05) is 0 Å². The molecule has 101 heavy (non-hydrogen) atoms. The van der Waals surface area contributed by atoms with Gasteiger partial charge in [0, 0.05) is 112 Å². The molecule has 0 spiro atoms. The van der Waals surface area contributed by atoms with Gasteiger partial charge in [-0.3, -0.25) is 0 Å². The molecule has 0 bridgehead atoms. The summed E-state index contributed by atoms with van der Waals surface area (Å²) in [7, 11) is 72.9. The highest BCUT2D eigenvalue weighted by molar-refractivity contribution is 7.88. The lowest BCUT2D eigenvalue weighted by atomic mass is 8.68. The van der Waals surface area contributed by atoms with E-state index in [9.17, 15) is 0 Å². The lowest BCUT2D eigenvalue weighted by Crippen LogP contribution is -2.67. The minimum absolute atomic E-state index is 0.147. The monoisotopic (exact) mass is 1240 g/mol. The Balaban J connectivity index is 1.99. The maximum atomic E-state index is 7.54. The Morgan fingerprint density at radius 2 is 0.822 bits per heavy atom. The first-order valence-corrected chi connectivity index (χ1v) is 31.5. The fraction of sp³-hybridized carbons (Fsp3) is 0.153. The van der Waals surface area contributed by atoms with Crippen molar-refractivity contribution in [2.24, 2.45) is 0 Å². The average Bonchev–Trinajstić information content (AvgIpc) is 0.687. The van der Waals surface area contributed by atoms with Gasteiger partial charge in [-0.25, -0.2) is 0 Å². The van der Waals surface area contributed by atoms with Gasteiger partial charge in [-0.1, -0.05) is 75.2 Å². The molecule has 0 aromatic heterocycles. The zero-order valence-electron chi connectivity index (χ0n) is 58.6. The molecule has 0 fully saturated rings. The van der Waals surface area contributed by atoms with Crippen LogP contribution in [0.4, 0.5) is 0 Å². The first-order valence-electron chi connectivity index (χ1n) is 31.5. The standard InChI is InChI=1S/C85H44B16/c1-18-25-30-33-34-35-37-41-47-65-68-56(15)60(24-7)62(42-23-6)64(44-29-22-5)76(68)74-63(46-38-28-21-4)61(45-40-32-27-20-3)59(43-39-36-31-26-19-2)48-66(74)75(65)70-54(13)51(10)55(14)71-72(70)57(16)67-52(11)49(8)50(9)53(12)69(67)77(71)78-73-58(17)80(86)82(88)84(99(100(93)94)101(95)97-90)79(73)81(87)83(96-89)85(78)98(91)92/h1,3,5,7,48H,2,4,6,8-17H3. The van der Waals surface area contributed by atoms with Crippen LogP contribution in [0.15, 0.2) is 6.07 Å². The van der Waals surface area contributed by atoms with Crippen molar-refractivity contribution in [3.05, 3.63) is 101 Å². The van der Waals surface area contributed by atoms with E-state index < -0.39 is 25.8 Å². The van der Waals surface area contributed by atoms with Crippen molar-refractivity contribution in [1.82, 2.24) is 0 Å². The van der Waals surface area contributed by atoms with Crippen LogP contribution in [0, 0.1) is 273 Å². The van der Waals surface area contributed by atoms with Crippen LogP contribution in [0.3, 0.4) is 0 Å². The van der Waals surface area contributed by atoms with E-state index in [1.54, 1.807) is 20.8 Å². The van der Waals surface area contributed by atoms with Crippen LogP contribution < -0.4 is 32.8 Å². The summed E-state index contributed by atoms with van der Waals surface area (Å²) in [5.41, 5.74) is 15.6. The Morgan fingerprint density at radius 3 is 1.38 bits per heavy atom. The fourth-order valence-electron chi connectivity index (χ4n) is 13.8. The third-order valence-corrected chi connectivity index (χ3v) is 18.6. The third kappa shape index (κ3) is 13.5. The van der Waals surface area contributed by atoms with E-state index in [1.165, 1.54) is 14.2 Å². The lowest BCUT2D eigenvalue weighted by molar-refractivity contribution is 1.25. The molecule has 8 rings (SSSR count). The molecule has 0 amide bonds. The van der Waals surface area contributed by atoms with Crippen molar-refractivity contribution in [3.63, 3.8) is 0 Å². The summed E-state index contributed by atoms with van der Waals surface area (Å²) in [5.74, 6) is 87.8. The maximum absolute atomic E-state index is 7.54. The summed E-state index contributed by atoms with van der Waals surface area (Å²) in [6, 6.07) is 1.95. The Morgan fingerprint density at radius 1 is 0.347 bits per heavy atom. The van der Waals surface area contributed by atoms with Crippen molar-refractivity contribution >= 4 is 204 Å². The second kappa shape index (κ2) is 32.5. The quantitative estimate of drug-likeness (QED) is 0.0940. The molecule has 0 N–H and O–H groups in total. The number of aryl methyl sites for hydroxylation is 6. The smallest absolute Gasteiger partial charge is 0.113 e. The van der Waals surface area contributed by atoms with E-state index in [-0.39, 0.29) is 16.4 Å². The largest absolute Gasteiger partial charge is 0.115 e. The molecular formula is C85H44B16. The lowest BCUT2D eigenvalue weighted by Gasteiger charge is -2.35. The van der Waals surface area contributed by atoms with Gasteiger partial charge in [0.25, 0.3) is 0 Å². The summed E-state index contributed by atoms with van der Waals surface area (Å²) >= 11 is 0. The van der Waals surface area contributed by atoms with Gasteiger partial charge in [0.1, 0.15) is 23.5 Å². The minimum Gasteiger partial charge on any atom is -0.115 e. The van der Waals surface area contributed by atoms with Crippen molar-refractivity contribution < 1.29 is 0 Å². The van der Waals surface area contributed by atoms with Crippen LogP contribution in [-0.2, 0) is 0 Å². The normalized spacial score (nSPS) is 9.36. The Kier molecular flexibility index (Phi) is 24.3. The van der Waals surface area contributed by atoms with Crippen LogP contribution in [0.2, 0.25) is 0 Å². The summed E-state index contributed by atoms with van der Waals surface area (Å²) in [6.45, 7) is 23.5. The first kappa shape index (κ1) is 75.4. The molecule has 22 radical (unpaired) electrons. The molecule has 0 atom stereocenters. The van der Waals surface area contributed by atoms with Crippen molar-refractivity contribution in [1.29, 1.82) is 0 Å². The number of rotatable bonds is 8. The number of hydrogen-bond donors (Lipinski definition) is 0. The molecular weight excluding hydrogens is 1190 g/mol. The van der Waals surface area contributed by atoms with Gasteiger partial charge in [-0.2, -0.15) is 0 Å². The minimum atomic E-state index is -1.25. The van der Waals surface area contributed by atoms with Gasteiger partial charge < -0.3 is 0 Å². The predicted molar refractivity (Wildman–Crippen MR) is 449 cm³/mol. The van der Waals surface area contributed by atoms with E-state index in [0.717, 1.165) is 71.6 Å². The number of benzene rings is 8. The van der Waals surface area contributed by atoms with Crippen LogP contribution in [0.25, 0.3) is 76.1 Å². The van der Waals surface area contributed by atoms with Gasteiger partial charge in [-0.05, 0) is 319 Å². The van der Waals surface area contributed by atoms with Gasteiger partial charge in [0.2, 0.25) is 0 Å². The van der Waals surface area contributed by atoms with E-state index in [0.29, 0.717) is 115 Å². The zero-order valence-corrected chi connectivity index (χ0v) is 58.6. The topological polar surface area (TPSA) is 0 Å². The SMILES string of the molecule is [B][B]B([B])B(B([B])[B])c1c([B])c([B])c(C)c2c(-c3c4c(C)c(C)c(C)c(C)c4c(C)c4c(-c5c(C#CC#CC#CC#CC#C)c6c(C)c(C#C)c(C#CC)c(C#CC#C)c6c6c(C#CC#CC)c(C#CC#CC#C)c(C#CC#CC#CC)cc56)c(C)c(C)c(C)c34)c(B([B])[B])c([B][B])c([B])c12. The molecule has 0 aliphatic rings. The van der Waals surface area contributed by atoms with Gasteiger partial charge >= 0.3 is 0 Å². The molecule has 0 heterocycles. The average molecular weight is 1240 g/mol. The van der Waals surface area contributed by atoms with Crippen molar-refractivity contribution in [3.8, 4) is 226 Å². The Hall–Kier alpha value is -11.4. The summed E-state index contributed by atoms with van der Waals surface area (Å²) in [4.78, 5) is 0. The molecule has 0 aliphatic heterocycles.